The summed E-state index contributed by atoms with van der Waals surface area (Å²) in [6.45, 7) is 6.02. The summed E-state index contributed by atoms with van der Waals surface area (Å²) < 4.78 is 11.0. The maximum atomic E-state index is 5.88. The first-order valence-electron chi connectivity index (χ1n) is 9.86. The molecule has 2 aromatic carbocycles. The van der Waals surface area contributed by atoms with E-state index in [1.54, 1.807) is 7.11 Å². The molecule has 0 saturated heterocycles. The van der Waals surface area contributed by atoms with E-state index in [9.17, 15) is 0 Å². The minimum absolute atomic E-state index is 0. The van der Waals surface area contributed by atoms with Gasteiger partial charge in [0.1, 0.15) is 12.4 Å². The van der Waals surface area contributed by atoms with Crippen LogP contribution in [-0.4, -0.2) is 39.4 Å². The number of hydrogen-bond acceptors (Lipinski definition) is 3. The zero-order valence-electron chi connectivity index (χ0n) is 17.7. The van der Waals surface area contributed by atoms with Crippen LogP contribution in [0.4, 0.5) is 0 Å². The molecule has 1 aliphatic carbocycles. The Balaban J connectivity index is 0.00000300. The van der Waals surface area contributed by atoms with E-state index in [1.165, 1.54) is 16.7 Å². The third-order valence-electron chi connectivity index (χ3n) is 5.14. The summed E-state index contributed by atoms with van der Waals surface area (Å²) in [4.78, 5) is 4.39. The van der Waals surface area contributed by atoms with Crippen LogP contribution < -0.4 is 15.4 Å². The first-order chi connectivity index (χ1) is 13.6. The third kappa shape index (κ3) is 6.60. The van der Waals surface area contributed by atoms with Gasteiger partial charge in [-0.2, -0.15) is 0 Å². The van der Waals surface area contributed by atoms with Gasteiger partial charge in [0.15, 0.2) is 5.96 Å². The second-order valence-electron chi connectivity index (χ2n) is 7.33. The molecule has 0 spiro atoms. The van der Waals surface area contributed by atoms with E-state index in [1.807, 2.05) is 7.05 Å². The van der Waals surface area contributed by atoms with Crippen molar-refractivity contribution in [2.75, 3.05) is 27.4 Å². The van der Waals surface area contributed by atoms with Crippen molar-refractivity contribution in [2.24, 2.45) is 4.99 Å². The number of ether oxygens (including phenoxy) is 2. The highest BCUT2D eigenvalue weighted by Gasteiger charge is 2.39. The van der Waals surface area contributed by atoms with E-state index in [-0.39, 0.29) is 24.0 Å². The molecular weight excluding hydrogens is 477 g/mol. The van der Waals surface area contributed by atoms with E-state index >= 15 is 0 Å². The molecule has 1 aliphatic rings. The minimum Gasteiger partial charge on any atom is -0.491 e. The summed E-state index contributed by atoms with van der Waals surface area (Å²) in [6, 6.07) is 15.3. The van der Waals surface area contributed by atoms with Gasteiger partial charge >= 0.3 is 0 Å². The standard InChI is InChI=1S/C23H31N3O2.HI/c1-16-9-10-18(22(13-16)28-12-11-27-4)15-25-23(24-3)26-21-14-20(21)19-8-6-5-7-17(19)2;/h5-10,13,20-21H,11-12,14-15H2,1-4H3,(H2,24,25,26);1H. The zero-order valence-corrected chi connectivity index (χ0v) is 20.0. The van der Waals surface area contributed by atoms with Gasteiger partial charge in [-0.15, -0.1) is 24.0 Å². The molecule has 2 unspecified atom stereocenters. The number of hydrogen-bond donors (Lipinski definition) is 2. The molecule has 0 bridgehead atoms. The van der Waals surface area contributed by atoms with E-state index in [2.05, 4.69) is 71.9 Å². The first-order valence-corrected chi connectivity index (χ1v) is 9.86. The maximum Gasteiger partial charge on any atom is 0.191 e. The van der Waals surface area contributed by atoms with Gasteiger partial charge in [0.2, 0.25) is 0 Å². The van der Waals surface area contributed by atoms with Crippen molar-refractivity contribution in [2.45, 2.75) is 38.8 Å². The molecular formula is C23H32IN3O2. The van der Waals surface area contributed by atoms with Gasteiger partial charge in [0.25, 0.3) is 0 Å². The maximum absolute atomic E-state index is 5.88. The van der Waals surface area contributed by atoms with Gasteiger partial charge in [0, 0.05) is 38.2 Å². The summed E-state index contributed by atoms with van der Waals surface area (Å²) in [6.07, 6.45) is 1.14. The Labute approximate surface area is 191 Å². The van der Waals surface area contributed by atoms with E-state index in [4.69, 9.17) is 9.47 Å². The van der Waals surface area contributed by atoms with Gasteiger partial charge in [-0.1, -0.05) is 36.4 Å². The van der Waals surface area contributed by atoms with Gasteiger partial charge in [0.05, 0.1) is 6.61 Å². The molecule has 3 rings (SSSR count). The SMILES string of the molecule is CN=C(NCc1ccc(C)cc1OCCOC)NC1CC1c1ccccc1C.I. The average Bonchev–Trinajstić information content (AvgIpc) is 3.45. The van der Waals surface area contributed by atoms with Crippen LogP contribution >= 0.6 is 24.0 Å². The number of nitrogens with zero attached hydrogens (tertiary/aromatic N) is 1. The number of nitrogens with one attached hydrogen (secondary N) is 2. The highest BCUT2D eigenvalue weighted by Crippen LogP contribution is 2.42. The number of methoxy groups -OCH3 is 1. The fraction of sp³-hybridized carbons (Fsp3) is 0.435. The highest BCUT2D eigenvalue weighted by atomic mass is 127. The number of benzene rings is 2. The molecule has 0 radical (unpaired) electrons. The molecule has 2 aromatic rings. The lowest BCUT2D eigenvalue weighted by molar-refractivity contribution is 0.145. The second kappa shape index (κ2) is 11.4. The lowest BCUT2D eigenvalue weighted by Crippen LogP contribution is -2.38. The monoisotopic (exact) mass is 509 g/mol. The van der Waals surface area contributed by atoms with Crippen molar-refractivity contribution in [1.29, 1.82) is 0 Å². The predicted octanol–water partition coefficient (Wildman–Crippen LogP) is 4.17. The van der Waals surface area contributed by atoms with Gasteiger partial charge < -0.3 is 20.1 Å². The number of guanidine groups is 1. The average molecular weight is 509 g/mol. The molecule has 0 heterocycles. The van der Waals surface area contributed by atoms with Crippen LogP contribution in [0.5, 0.6) is 5.75 Å². The lowest BCUT2D eigenvalue weighted by atomic mass is 10.0. The van der Waals surface area contributed by atoms with Crippen LogP contribution in [-0.2, 0) is 11.3 Å². The van der Waals surface area contributed by atoms with E-state index < -0.39 is 0 Å². The van der Waals surface area contributed by atoms with Crippen LogP contribution in [0.1, 0.15) is 34.6 Å². The minimum atomic E-state index is 0. The number of halogens is 1. The summed E-state index contributed by atoms with van der Waals surface area (Å²) in [5.74, 6) is 2.28. The Morgan fingerprint density at radius 1 is 1.14 bits per heavy atom. The molecule has 158 valence electrons. The van der Waals surface area contributed by atoms with Crippen LogP contribution in [0.2, 0.25) is 0 Å². The smallest absolute Gasteiger partial charge is 0.191 e. The van der Waals surface area contributed by atoms with Crippen LogP contribution in [0.15, 0.2) is 47.5 Å². The lowest BCUT2D eigenvalue weighted by Gasteiger charge is -2.15. The second-order valence-corrected chi connectivity index (χ2v) is 7.33. The Kier molecular flexibility index (Phi) is 9.23. The Bertz CT molecular complexity index is 826. The topological polar surface area (TPSA) is 54.9 Å². The highest BCUT2D eigenvalue weighted by molar-refractivity contribution is 14.0. The molecule has 5 nitrogen and oxygen atoms in total. The molecule has 2 N–H and O–H groups in total. The normalized spacial score (nSPS) is 18.0. The quantitative estimate of drug-likeness (QED) is 0.243. The molecule has 0 aromatic heterocycles. The van der Waals surface area contributed by atoms with Crippen LogP contribution in [0.3, 0.4) is 0 Å². The molecule has 0 aliphatic heterocycles. The molecule has 29 heavy (non-hydrogen) atoms. The van der Waals surface area contributed by atoms with Crippen LogP contribution in [0, 0.1) is 13.8 Å². The molecule has 1 saturated carbocycles. The number of aryl methyl sites for hydroxylation is 2. The summed E-state index contributed by atoms with van der Waals surface area (Å²) in [5, 5.41) is 6.97. The van der Waals surface area contributed by atoms with Crippen molar-refractivity contribution in [3.63, 3.8) is 0 Å². The fourth-order valence-corrected chi connectivity index (χ4v) is 3.43. The van der Waals surface area contributed by atoms with Crippen molar-refractivity contribution in [3.05, 3.63) is 64.7 Å². The fourth-order valence-electron chi connectivity index (χ4n) is 3.43. The van der Waals surface area contributed by atoms with Gasteiger partial charge in [-0.3, -0.25) is 4.99 Å². The summed E-state index contributed by atoms with van der Waals surface area (Å²) >= 11 is 0. The number of aliphatic imine (C=N–C) groups is 1. The van der Waals surface area contributed by atoms with Crippen LogP contribution in [0.25, 0.3) is 0 Å². The van der Waals surface area contributed by atoms with Gasteiger partial charge in [-0.05, 0) is 43.0 Å². The Hall–Kier alpha value is -1.80. The van der Waals surface area contributed by atoms with Crippen molar-refractivity contribution in [3.8, 4) is 5.75 Å². The van der Waals surface area contributed by atoms with E-state index in [0.29, 0.717) is 31.7 Å². The molecule has 6 heteroatoms. The third-order valence-corrected chi connectivity index (χ3v) is 5.14. The molecule has 1 fully saturated rings. The van der Waals surface area contributed by atoms with Crippen molar-refractivity contribution >= 4 is 29.9 Å². The predicted molar refractivity (Wildman–Crippen MR) is 130 cm³/mol. The summed E-state index contributed by atoms with van der Waals surface area (Å²) in [7, 11) is 3.49. The molecule has 0 amide bonds. The van der Waals surface area contributed by atoms with Crippen molar-refractivity contribution < 1.29 is 9.47 Å². The Morgan fingerprint density at radius 2 is 1.93 bits per heavy atom. The summed E-state index contributed by atoms with van der Waals surface area (Å²) in [5.41, 5.74) is 5.08. The number of rotatable bonds is 8. The largest absolute Gasteiger partial charge is 0.491 e. The van der Waals surface area contributed by atoms with E-state index in [0.717, 1.165) is 23.7 Å². The Morgan fingerprint density at radius 3 is 2.66 bits per heavy atom. The van der Waals surface area contributed by atoms with Crippen molar-refractivity contribution in [1.82, 2.24) is 10.6 Å². The van der Waals surface area contributed by atoms with Gasteiger partial charge in [-0.25, -0.2) is 0 Å². The molecule has 2 atom stereocenters. The zero-order chi connectivity index (χ0) is 19.9. The first kappa shape index (κ1) is 23.5.